The van der Waals surface area contributed by atoms with Gasteiger partial charge in [0, 0.05) is 13.0 Å². The summed E-state index contributed by atoms with van der Waals surface area (Å²) in [6, 6.07) is 3.45. The molecule has 1 rings (SSSR count). The molecule has 14 heavy (non-hydrogen) atoms. The van der Waals surface area contributed by atoms with Gasteiger partial charge in [0.1, 0.15) is 0 Å². The van der Waals surface area contributed by atoms with Gasteiger partial charge in [-0.15, -0.1) is 0 Å². The highest BCUT2D eigenvalue weighted by Gasteiger charge is 2.09. The number of ketones is 1. The molecule has 0 saturated heterocycles. The fourth-order valence-corrected chi connectivity index (χ4v) is 1.36. The monoisotopic (exact) mass is 195 g/mol. The Bertz CT molecular complexity index is 263. The van der Waals surface area contributed by atoms with Crippen LogP contribution < -0.4 is 0 Å². The Labute approximate surface area is 84.7 Å². The molecule has 0 atom stereocenters. The smallest absolute Gasteiger partial charge is 0.199 e. The van der Waals surface area contributed by atoms with Gasteiger partial charge in [0.25, 0.3) is 0 Å². The SMILES string of the molecule is CCN(CC)CCC(=O)c1ccco1. The highest BCUT2D eigenvalue weighted by Crippen LogP contribution is 2.04. The molecule has 0 aromatic carbocycles. The molecule has 1 aromatic heterocycles. The minimum absolute atomic E-state index is 0.0851. The second-order valence-electron chi connectivity index (χ2n) is 3.18. The molecule has 78 valence electrons. The summed E-state index contributed by atoms with van der Waals surface area (Å²) in [5.74, 6) is 0.555. The number of furan rings is 1. The Morgan fingerprint density at radius 2 is 2.14 bits per heavy atom. The minimum atomic E-state index is 0.0851. The molecule has 0 spiro atoms. The number of rotatable bonds is 6. The first-order valence-electron chi connectivity index (χ1n) is 5.07. The molecule has 0 aliphatic heterocycles. The van der Waals surface area contributed by atoms with E-state index in [4.69, 9.17) is 4.42 Å². The van der Waals surface area contributed by atoms with E-state index in [1.54, 1.807) is 12.1 Å². The average Bonchev–Trinajstić information content (AvgIpc) is 2.72. The predicted molar refractivity (Wildman–Crippen MR) is 55.4 cm³/mol. The Balaban J connectivity index is 2.35. The molecule has 0 amide bonds. The Hall–Kier alpha value is -1.09. The van der Waals surface area contributed by atoms with E-state index in [-0.39, 0.29) is 5.78 Å². The van der Waals surface area contributed by atoms with E-state index in [1.165, 1.54) is 6.26 Å². The summed E-state index contributed by atoms with van der Waals surface area (Å²) in [5.41, 5.74) is 0. The lowest BCUT2D eigenvalue weighted by Gasteiger charge is -2.16. The Morgan fingerprint density at radius 1 is 1.43 bits per heavy atom. The first-order valence-corrected chi connectivity index (χ1v) is 5.07. The van der Waals surface area contributed by atoms with Gasteiger partial charge < -0.3 is 9.32 Å². The van der Waals surface area contributed by atoms with Gasteiger partial charge in [0.15, 0.2) is 11.5 Å². The highest BCUT2D eigenvalue weighted by molar-refractivity contribution is 5.93. The van der Waals surface area contributed by atoms with Gasteiger partial charge in [-0.1, -0.05) is 13.8 Å². The van der Waals surface area contributed by atoms with E-state index in [0.717, 1.165) is 19.6 Å². The second kappa shape index (κ2) is 5.60. The highest BCUT2D eigenvalue weighted by atomic mass is 16.3. The van der Waals surface area contributed by atoms with Crippen molar-refractivity contribution >= 4 is 5.78 Å². The zero-order chi connectivity index (χ0) is 10.4. The first kappa shape index (κ1) is 11.0. The van der Waals surface area contributed by atoms with E-state index < -0.39 is 0 Å². The molecule has 0 bridgehead atoms. The predicted octanol–water partition coefficient (Wildman–Crippen LogP) is 2.19. The third-order valence-electron chi connectivity index (χ3n) is 2.35. The van der Waals surface area contributed by atoms with Gasteiger partial charge >= 0.3 is 0 Å². The standard InChI is InChI=1S/C11H17NO2/c1-3-12(4-2)8-7-10(13)11-6-5-9-14-11/h5-6,9H,3-4,7-8H2,1-2H3. The molecule has 0 aliphatic rings. The Morgan fingerprint density at radius 3 is 2.64 bits per heavy atom. The molecule has 0 saturated carbocycles. The molecule has 1 heterocycles. The molecule has 0 N–H and O–H groups in total. The number of hydrogen-bond donors (Lipinski definition) is 0. The van der Waals surface area contributed by atoms with E-state index in [2.05, 4.69) is 18.7 Å². The lowest BCUT2D eigenvalue weighted by Crippen LogP contribution is -2.25. The van der Waals surface area contributed by atoms with Crippen molar-refractivity contribution < 1.29 is 9.21 Å². The normalized spacial score (nSPS) is 10.8. The zero-order valence-electron chi connectivity index (χ0n) is 8.82. The average molecular weight is 195 g/mol. The van der Waals surface area contributed by atoms with Crippen LogP contribution in [-0.4, -0.2) is 30.3 Å². The van der Waals surface area contributed by atoms with E-state index in [0.29, 0.717) is 12.2 Å². The molecule has 3 heteroatoms. The molecule has 0 fully saturated rings. The van der Waals surface area contributed by atoms with Crippen LogP contribution >= 0.6 is 0 Å². The summed E-state index contributed by atoms with van der Waals surface area (Å²) in [5, 5.41) is 0. The Kier molecular flexibility index (Phi) is 4.40. The quantitative estimate of drug-likeness (QED) is 0.652. The van der Waals surface area contributed by atoms with Crippen molar-refractivity contribution in [3.63, 3.8) is 0 Å². The van der Waals surface area contributed by atoms with Gasteiger partial charge in [-0.25, -0.2) is 0 Å². The lowest BCUT2D eigenvalue weighted by molar-refractivity contribution is 0.0939. The second-order valence-corrected chi connectivity index (χ2v) is 3.18. The van der Waals surface area contributed by atoms with Crippen LogP contribution in [0, 0.1) is 0 Å². The van der Waals surface area contributed by atoms with Crippen molar-refractivity contribution in [1.29, 1.82) is 0 Å². The molecular weight excluding hydrogens is 178 g/mol. The van der Waals surface area contributed by atoms with E-state index >= 15 is 0 Å². The fourth-order valence-electron chi connectivity index (χ4n) is 1.36. The van der Waals surface area contributed by atoms with Crippen molar-refractivity contribution in [2.24, 2.45) is 0 Å². The summed E-state index contributed by atoms with van der Waals surface area (Å²) in [6.45, 7) is 6.98. The van der Waals surface area contributed by atoms with Crippen molar-refractivity contribution in [1.82, 2.24) is 4.90 Å². The summed E-state index contributed by atoms with van der Waals surface area (Å²) >= 11 is 0. The number of carbonyl (C=O) groups excluding carboxylic acids is 1. The van der Waals surface area contributed by atoms with Crippen LogP contribution in [0.15, 0.2) is 22.8 Å². The van der Waals surface area contributed by atoms with Gasteiger partial charge in [-0.3, -0.25) is 4.79 Å². The molecule has 0 aliphatic carbocycles. The number of hydrogen-bond acceptors (Lipinski definition) is 3. The maximum atomic E-state index is 11.5. The first-order chi connectivity index (χ1) is 6.77. The van der Waals surface area contributed by atoms with Crippen molar-refractivity contribution in [3.8, 4) is 0 Å². The maximum absolute atomic E-state index is 11.5. The van der Waals surface area contributed by atoms with Crippen molar-refractivity contribution in [2.75, 3.05) is 19.6 Å². The van der Waals surface area contributed by atoms with Crippen LogP contribution in [0.4, 0.5) is 0 Å². The zero-order valence-corrected chi connectivity index (χ0v) is 8.82. The van der Waals surface area contributed by atoms with Crippen molar-refractivity contribution in [2.45, 2.75) is 20.3 Å². The largest absolute Gasteiger partial charge is 0.461 e. The fraction of sp³-hybridized carbons (Fsp3) is 0.545. The summed E-state index contributed by atoms with van der Waals surface area (Å²) in [7, 11) is 0. The molecule has 0 unspecified atom stereocenters. The van der Waals surface area contributed by atoms with Gasteiger partial charge in [0.2, 0.25) is 0 Å². The van der Waals surface area contributed by atoms with Crippen LogP contribution in [0.5, 0.6) is 0 Å². The molecule has 1 aromatic rings. The number of Topliss-reactive ketones (excluding diaryl/α,β-unsaturated/α-hetero) is 1. The number of nitrogens with zero attached hydrogens (tertiary/aromatic N) is 1. The van der Waals surface area contributed by atoms with Crippen LogP contribution in [0.2, 0.25) is 0 Å². The van der Waals surface area contributed by atoms with Crippen LogP contribution in [-0.2, 0) is 0 Å². The summed E-state index contributed by atoms with van der Waals surface area (Å²) in [6.07, 6.45) is 2.07. The molecular formula is C11H17NO2. The maximum Gasteiger partial charge on any atom is 0.199 e. The molecule has 3 nitrogen and oxygen atoms in total. The van der Waals surface area contributed by atoms with E-state index in [1.807, 2.05) is 0 Å². The van der Waals surface area contributed by atoms with Gasteiger partial charge in [-0.2, -0.15) is 0 Å². The van der Waals surface area contributed by atoms with Crippen LogP contribution in [0.25, 0.3) is 0 Å². The van der Waals surface area contributed by atoms with Gasteiger partial charge in [-0.05, 0) is 25.2 Å². The molecule has 0 radical (unpaired) electrons. The van der Waals surface area contributed by atoms with Gasteiger partial charge in [0.05, 0.1) is 6.26 Å². The summed E-state index contributed by atoms with van der Waals surface area (Å²) in [4.78, 5) is 13.7. The van der Waals surface area contributed by atoms with Crippen LogP contribution in [0.1, 0.15) is 30.8 Å². The topological polar surface area (TPSA) is 33.5 Å². The number of carbonyl (C=O) groups is 1. The minimum Gasteiger partial charge on any atom is -0.461 e. The third kappa shape index (κ3) is 3.00. The van der Waals surface area contributed by atoms with E-state index in [9.17, 15) is 4.79 Å². The summed E-state index contributed by atoms with van der Waals surface area (Å²) < 4.78 is 5.03. The third-order valence-corrected chi connectivity index (χ3v) is 2.35. The van der Waals surface area contributed by atoms with Crippen LogP contribution in [0.3, 0.4) is 0 Å². The lowest BCUT2D eigenvalue weighted by atomic mass is 10.2. The van der Waals surface area contributed by atoms with Crippen molar-refractivity contribution in [3.05, 3.63) is 24.2 Å².